The van der Waals surface area contributed by atoms with Crippen molar-refractivity contribution < 1.29 is 9.18 Å². The number of benzene rings is 3. The average molecular weight is 441 g/mol. The predicted molar refractivity (Wildman–Crippen MR) is 119 cm³/mol. The van der Waals surface area contributed by atoms with Crippen molar-refractivity contribution in [2.75, 3.05) is 5.32 Å². The van der Waals surface area contributed by atoms with Gasteiger partial charge in [0.05, 0.1) is 26.7 Å². The molecule has 1 aromatic heterocycles. The molecule has 0 aliphatic heterocycles. The van der Waals surface area contributed by atoms with Gasteiger partial charge in [-0.3, -0.25) is 9.59 Å². The second-order valence-corrected chi connectivity index (χ2v) is 7.51. The average Bonchev–Trinajstić information content (AvgIpc) is 2.74. The van der Waals surface area contributed by atoms with Crippen LogP contribution in [0.15, 0.2) is 71.5 Å². The first-order valence-corrected chi connectivity index (χ1v) is 9.77. The molecule has 150 valence electrons. The molecular weight excluding hydrogens is 426 g/mol. The summed E-state index contributed by atoms with van der Waals surface area (Å²) < 4.78 is 15.8. The second-order valence-electron chi connectivity index (χ2n) is 6.69. The number of pyridine rings is 1. The molecule has 30 heavy (non-hydrogen) atoms. The van der Waals surface area contributed by atoms with E-state index >= 15 is 0 Å². The molecule has 4 rings (SSSR count). The summed E-state index contributed by atoms with van der Waals surface area (Å²) in [5.74, 6) is -1.10. The van der Waals surface area contributed by atoms with Gasteiger partial charge < -0.3 is 9.88 Å². The number of nitrogens with one attached hydrogen (secondary N) is 1. The van der Waals surface area contributed by atoms with Crippen LogP contribution in [0.5, 0.6) is 0 Å². The second kappa shape index (κ2) is 7.94. The number of fused-ring (bicyclic) bond motifs is 1. The molecule has 0 fully saturated rings. The number of carbonyl (C=O) groups is 1. The van der Waals surface area contributed by atoms with Crippen molar-refractivity contribution in [1.82, 2.24) is 4.57 Å². The lowest BCUT2D eigenvalue weighted by molar-refractivity contribution is 0.102. The monoisotopic (exact) mass is 440 g/mol. The van der Waals surface area contributed by atoms with Crippen LogP contribution in [0, 0.1) is 5.82 Å². The minimum Gasteiger partial charge on any atom is -0.330 e. The number of anilines is 1. The summed E-state index contributed by atoms with van der Waals surface area (Å²) in [6, 6.07) is 17.5. The molecule has 0 atom stereocenters. The molecule has 0 aliphatic rings. The van der Waals surface area contributed by atoms with E-state index in [4.69, 9.17) is 23.2 Å². The first kappa shape index (κ1) is 20.1. The van der Waals surface area contributed by atoms with Crippen LogP contribution in [0.3, 0.4) is 0 Å². The molecule has 0 spiro atoms. The maximum absolute atomic E-state index is 14.1. The Morgan fingerprint density at radius 2 is 1.67 bits per heavy atom. The van der Waals surface area contributed by atoms with E-state index in [-0.39, 0.29) is 27.4 Å². The Labute approximate surface area is 181 Å². The number of aromatic nitrogens is 1. The quantitative estimate of drug-likeness (QED) is 0.430. The SMILES string of the molecule is Cn1c(NC(=O)c2ccccc2F)c(-c2ccc(Cl)c(Cl)c2)c(=O)c2ccccc21. The number of carbonyl (C=O) groups excluding carboxylic acids is 1. The van der Waals surface area contributed by atoms with E-state index in [9.17, 15) is 14.0 Å². The Bertz CT molecular complexity index is 1370. The molecule has 0 radical (unpaired) electrons. The first-order valence-electron chi connectivity index (χ1n) is 9.01. The summed E-state index contributed by atoms with van der Waals surface area (Å²) in [5.41, 5.74) is 0.929. The smallest absolute Gasteiger partial charge is 0.259 e. The predicted octanol–water partition coefficient (Wildman–Crippen LogP) is 5.90. The Balaban J connectivity index is 1.98. The molecule has 1 amide bonds. The van der Waals surface area contributed by atoms with Crippen molar-refractivity contribution >= 4 is 45.8 Å². The Morgan fingerprint density at radius 3 is 2.40 bits per heavy atom. The van der Waals surface area contributed by atoms with Crippen molar-refractivity contribution in [2.24, 2.45) is 7.05 Å². The van der Waals surface area contributed by atoms with E-state index in [2.05, 4.69) is 5.32 Å². The zero-order chi connectivity index (χ0) is 21.4. The van der Waals surface area contributed by atoms with Gasteiger partial charge in [-0.2, -0.15) is 0 Å². The zero-order valence-electron chi connectivity index (χ0n) is 15.7. The van der Waals surface area contributed by atoms with Crippen LogP contribution in [0.25, 0.3) is 22.0 Å². The molecule has 1 heterocycles. The zero-order valence-corrected chi connectivity index (χ0v) is 17.3. The van der Waals surface area contributed by atoms with Crippen molar-refractivity contribution in [3.05, 3.63) is 98.4 Å². The van der Waals surface area contributed by atoms with Crippen LogP contribution in [0.2, 0.25) is 10.0 Å². The van der Waals surface area contributed by atoms with Crippen LogP contribution in [-0.2, 0) is 7.05 Å². The van der Waals surface area contributed by atoms with Crippen LogP contribution in [0.1, 0.15) is 10.4 Å². The number of halogens is 3. The number of rotatable bonds is 3. The number of amides is 1. The lowest BCUT2D eigenvalue weighted by atomic mass is 10.0. The summed E-state index contributed by atoms with van der Waals surface area (Å²) >= 11 is 12.2. The van der Waals surface area contributed by atoms with Crippen molar-refractivity contribution in [2.45, 2.75) is 0 Å². The Hall–Kier alpha value is -3.15. The Kier molecular flexibility index (Phi) is 5.33. The Morgan fingerprint density at radius 1 is 0.967 bits per heavy atom. The molecule has 3 aromatic carbocycles. The minimum absolute atomic E-state index is 0.127. The molecule has 0 bridgehead atoms. The maximum atomic E-state index is 14.1. The van der Waals surface area contributed by atoms with Crippen molar-refractivity contribution in [1.29, 1.82) is 0 Å². The molecule has 1 N–H and O–H groups in total. The number of para-hydroxylation sites is 1. The molecule has 0 saturated heterocycles. The molecular formula is C23H15Cl2FN2O2. The maximum Gasteiger partial charge on any atom is 0.259 e. The highest BCUT2D eigenvalue weighted by Crippen LogP contribution is 2.32. The highest BCUT2D eigenvalue weighted by molar-refractivity contribution is 6.42. The van der Waals surface area contributed by atoms with Crippen LogP contribution >= 0.6 is 23.2 Å². The summed E-state index contributed by atoms with van der Waals surface area (Å²) in [7, 11) is 1.72. The lowest BCUT2D eigenvalue weighted by Crippen LogP contribution is -2.22. The van der Waals surface area contributed by atoms with Gasteiger partial charge in [-0.25, -0.2) is 4.39 Å². The third-order valence-corrected chi connectivity index (χ3v) is 5.61. The highest BCUT2D eigenvalue weighted by atomic mass is 35.5. The van der Waals surface area contributed by atoms with E-state index < -0.39 is 11.7 Å². The van der Waals surface area contributed by atoms with E-state index in [1.165, 1.54) is 18.2 Å². The molecule has 0 unspecified atom stereocenters. The fraction of sp³-hybridized carbons (Fsp3) is 0.0435. The van der Waals surface area contributed by atoms with Gasteiger partial charge in [0.2, 0.25) is 0 Å². The normalized spacial score (nSPS) is 10.9. The van der Waals surface area contributed by atoms with Gasteiger partial charge in [0.15, 0.2) is 5.43 Å². The third-order valence-electron chi connectivity index (χ3n) is 4.87. The van der Waals surface area contributed by atoms with Gasteiger partial charge in [-0.15, -0.1) is 0 Å². The first-order chi connectivity index (χ1) is 14.4. The van der Waals surface area contributed by atoms with Gasteiger partial charge in [-0.05, 0) is 42.0 Å². The third kappa shape index (κ3) is 3.47. The van der Waals surface area contributed by atoms with Gasteiger partial charge in [0, 0.05) is 12.4 Å². The molecule has 4 aromatic rings. The van der Waals surface area contributed by atoms with E-state index in [0.29, 0.717) is 21.5 Å². The summed E-state index contributed by atoms with van der Waals surface area (Å²) in [6.45, 7) is 0. The number of hydrogen-bond acceptors (Lipinski definition) is 2. The van der Waals surface area contributed by atoms with Gasteiger partial charge in [-0.1, -0.05) is 53.5 Å². The number of aryl methyl sites for hydroxylation is 1. The van der Waals surface area contributed by atoms with E-state index in [0.717, 1.165) is 0 Å². The van der Waals surface area contributed by atoms with E-state index in [1.807, 2.05) is 0 Å². The molecule has 7 heteroatoms. The summed E-state index contributed by atoms with van der Waals surface area (Å²) in [6.07, 6.45) is 0. The number of nitrogens with zero attached hydrogens (tertiary/aromatic N) is 1. The van der Waals surface area contributed by atoms with Gasteiger partial charge in [0.25, 0.3) is 5.91 Å². The van der Waals surface area contributed by atoms with Crippen LogP contribution in [0.4, 0.5) is 10.2 Å². The number of hydrogen-bond donors (Lipinski definition) is 1. The highest BCUT2D eigenvalue weighted by Gasteiger charge is 2.21. The van der Waals surface area contributed by atoms with Gasteiger partial charge >= 0.3 is 0 Å². The summed E-state index contributed by atoms with van der Waals surface area (Å²) in [5, 5.41) is 3.80. The van der Waals surface area contributed by atoms with Crippen LogP contribution in [-0.4, -0.2) is 10.5 Å². The van der Waals surface area contributed by atoms with Gasteiger partial charge in [0.1, 0.15) is 11.6 Å². The summed E-state index contributed by atoms with van der Waals surface area (Å²) in [4.78, 5) is 26.2. The fourth-order valence-electron chi connectivity index (χ4n) is 3.37. The lowest BCUT2D eigenvalue weighted by Gasteiger charge is -2.18. The topological polar surface area (TPSA) is 51.1 Å². The molecule has 0 saturated carbocycles. The minimum atomic E-state index is -0.667. The standard InChI is InChI=1S/C23H15Cl2FN2O2/c1-28-19-9-5-3-7-15(19)21(29)20(13-10-11-16(24)17(25)12-13)22(28)27-23(30)14-6-2-4-8-18(14)26/h2-12H,1H3,(H,27,30). The fourth-order valence-corrected chi connectivity index (χ4v) is 3.67. The van der Waals surface area contributed by atoms with Crippen molar-refractivity contribution in [3.63, 3.8) is 0 Å². The molecule has 4 nitrogen and oxygen atoms in total. The largest absolute Gasteiger partial charge is 0.330 e. The molecule has 0 aliphatic carbocycles. The van der Waals surface area contributed by atoms with Crippen LogP contribution < -0.4 is 10.7 Å². The van der Waals surface area contributed by atoms with E-state index in [1.54, 1.807) is 60.1 Å². The van der Waals surface area contributed by atoms with Crippen molar-refractivity contribution in [3.8, 4) is 11.1 Å².